The van der Waals surface area contributed by atoms with Crippen LogP contribution in [0.15, 0.2) is 12.1 Å². The topological polar surface area (TPSA) is 72.5 Å². The number of nitrogens with one attached hydrogen (secondary N) is 2. The number of ether oxygens (including phenoxy) is 2. The van der Waals surface area contributed by atoms with Crippen LogP contribution in [0.25, 0.3) is 10.2 Å². The maximum Gasteiger partial charge on any atom is 0.243 e. The van der Waals surface area contributed by atoms with E-state index in [9.17, 15) is 4.79 Å². The molecule has 2 N–H and O–H groups in total. The second-order valence-corrected chi connectivity index (χ2v) is 6.15. The van der Waals surface area contributed by atoms with Crippen molar-refractivity contribution in [2.45, 2.75) is 18.9 Å². The number of carbonyl (C=O) groups is 1. The van der Waals surface area contributed by atoms with Crippen LogP contribution in [0.1, 0.15) is 12.8 Å². The highest BCUT2D eigenvalue weighted by atomic mass is 32.1. The zero-order valence-corrected chi connectivity index (χ0v) is 12.2. The van der Waals surface area contributed by atoms with Gasteiger partial charge in [0.1, 0.15) is 13.2 Å². The van der Waals surface area contributed by atoms with E-state index in [0.29, 0.717) is 18.3 Å². The standard InChI is InChI=1S/C14H15N3O3S/c18-13(8-2-1-3-15-8)17-14-16-9-6-10-11(7-12(9)21-14)20-5-4-19-10/h6-8,15H,1-5H2,(H,16,17,18). The Kier molecular flexibility index (Phi) is 3.16. The summed E-state index contributed by atoms with van der Waals surface area (Å²) in [5.74, 6) is 1.45. The number of amides is 1. The minimum atomic E-state index is -0.100. The van der Waals surface area contributed by atoms with Crippen molar-refractivity contribution < 1.29 is 14.3 Å². The first-order chi connectivity index (χ1) is 10.3. The van der Waals surface area contributed by atoms with E-state index in [0.717, 1.165) is 41.1 Å². The average Bonchev–Trinajstić information content (AvgIpc) is 3.13. The monoisotopic (exact) mass is 305 g/mol. The van der Waals surface area contributed by atoms with Crippen LogP contribution in [0.2, 0.25) is 0 Å². The highest BCUT2D eigenvalue weighted by molar-refractivity contribution is 7.22. The van der Waals surface area contributed by atoms with Crippen molar-refractivity contribution in [2.75, 3.05) is 25.1 Å². The molecule has 1 fully saturated rings. The second-order valence-electron chi connectivity index (χ2n) is 5.12. The fraction of sp³-hybridized carbons (Fsp3) is 0.429. The summed E-state index contributed by atoms with van der Waals surface area (Å²) in [6.07, 6.45) is 1.92. The van der Waals surface area contributed by atoms with Crippen molar-refractivity contribution in [3.05, 3.63) is 12.1 Å². The van der Waals surface area contributed by atoms with Crippen molar-refractivity contribution in [1.82, 2.24) is 10.3 Å². The minimum absolute atomic E-state index is 0.0104. The molecule has 7 heteroatoms. The van der Waals surface area contributed by atoms with Crippen LogP contribution in [0.5, 0.6) is 11.5 Å². The number of carbonyl (C=O) groups excluding carboxylic acids is 1. The lowest BCUT2D eigenvalue weighted by molar-refractivity contribution is -0.117. The van der Waals surface area contributed by atoms with Crippen molar-refractivity contribution in [3.8, 4) is 11.5 Å². The normalized spacial score (nSPS) is 20.7. The average molecular weight is 305 g/mol. The Morgan fingerprint density at radius 3 is 2.90 bits per heavy atom. The SMILES string of the molecule is O=C(Nc1nc2cc3c(cc2s1)OCCO3)C1CCCN1. The van der Waals surface area contributed by atoms with Gasteiger partial charge in [-0.1, -0.05) is 11.3 Å². The fourth-order valence-corrected chi connectivity index (χ4v) is 3.50. The van der Waals surface area contributed by atoms with E-state index in [2.05, 4.69) is 15.6 Å². The molecule has 3 heterocycles. The molecule has 0 radical (unpaired) electrons. The Bertz CT molecular complexity index is 651. The van der Waals surface area contributed by atoms with Gasteiger partial charge in [0, 0.05) is 12.1 Å². The van der Waals surface area contributed by atoms with Gasteiger partial charge in [0.05, 0.1) is 16.3 Å². The number of nitrogens with zero attached hydrogens (tertiary/aromatic N) is 1. The maximum atomic E-state index is 12.1. The van der Waals surface area contributed by atoms with Crippen molar-refractivity contribution >= 4 is 32.6 Å². The number of aromatic nitrogens is 1. The lowest BCUT2D eigenvalue weighted by Gasteiger charge is -2.17. The number of benzene rings is 1. The maximum absolute atomic E-state index is 12.1. The van der Waals surface area contributed by atoms with Gasteiger partial charge < -0.3 is 20.1 Å². The van der Waals surface area contributed by atoms with Crippen LogP contribution in [-0.4, -0.2) is 36.7 Å². The third kappa shape index (κ3) is 2.43. The van der Waals surface area contributed by atoms with Gasteiger partial charge in [0.15, 0.2) is 16.6 Å². The Morgan fingerprint density at radius 1 is 1.33 bits per heavy atom. The molecule has 1 unspecified atom stereocenters. The molecule has 110 valence electrons. The van der Waals surface area contributed by atoms with Crippen LogP contribution in [0.3, 0.4) is 0 Å². The molecule has 0 spiro atoms. The number of thiazole rings is 1. The van der Waals surface area contributed by atoms with Gasteiger partial charge in [0.2, 0.25) is 5.91 Å². The molecule has 1 aromatic heterocycles. The zero-order chi connectivity index (χ0) is 14.2. The highest BCUT2D eigenvalue weighted by Gasteiger charge is 2.23. The Balaban J connectivity index is 1.59. The summed E-state index contributed by atoms with van der Waals surface area (Å²) in [6.45, 7) is 2.02. The van der Waals surface area contributed by atoms with Gasteiger partial charge in [-0.3, -0.25) is 4.79 Å². The summed E-state index contributed by atoms with van der Waals surface area (Å²) in [6, 6.07) is 3.69. The van der Waals surface area contributed by atoms with Gasteiger partial charge in [-0.25, -0.2) is 4.98 Å². The number of rotatable bonds is 2. The summed E-state index contributed by atoms with van der Waals surface area (Å²) in [4.78, 5) is 16.5. The number of hydrogen-bond donors (Lipinski definition) is 2. The molecule has 4 rings (SSSR count). The molecule has 1 atom stereocenters. The van der Waals surface area contributed by atoms with Crippen LogP contribution < -0.4 is 20.1 Å². The molecule has 1 aromatic carbocycles. The third-order valence-corrected chi connectivity index (χ3v) is 4.59. The number of anilines is 1. The largest absolute Gasteiger partial charge is 0.486 e. The molecule has 1 saturated heterocycles. The molecule has 2 aliphatic rings. The van der Waals surface area contributed by atoms with Crippen LogP contribution in [0, 0.1) is 0 Å². The van der Waals surface area contributed by atoms with Crippen LogP contribution in [0.4, 0.5) is 5.13 Å². The predicted molar refractivity (Wildman–Crippen MR) is 80.3 cm³/mol. The van der Waals surface area contributed by atoms with Gasteiger partial charge in [-0.2, -0.15) is 0 Å². The molecule has 6 nitrogen and oxygen atoms in total. The van der Waals surface area contributed by atoms with E-state index in [1.165, 1.54) is 11.3 Å². The summed E-state index contributed by atoms with van der Waals surface area (Å²) < 4.78 is 12.1. The van der Waals surface area contributed by atoms with Crippen molar-refractivity contribution in [1.29, 1.82) is 0 Å². The summed E-state index contributed by atoms with van der Waals surface area (Å²) in [5.41, 5.74) is 0.818. The van der Waals surface area contributed by atoms with E-state index >= 15 is 0 Å². The molecule has 0 saturated carbocycles. The van der Waals surface area contributed by atoms with Crippen molar-refractivity contribution in [2.24, 2.45) is 0 Å². The smallest absolute Gasteiger partial charge is 0.243 e. The van der Waals surface area contributed by atoms with E-state index in [4.69, 9.17) is 9.47 Å². The first kappa shape index (κ1) is 12.8. The van der Waals surface area contributed by atoms with Gasteiger partial charge in [-0.05, 0) is 19.4 Å². The van der Waals surface area contributed by atoms with Gasteiger partial charge in [-0.15, -0.1) is 0 Å². The van der Waals surface area contributed by atoms with Crippen molar-refractivity contribution in [3.63, 3.8) is 0 Å². The van der Waals surface area contributed by atoms with E-state index in [1.807, 2.05) is 12.1 Å². The molecule has 21 heavy (non-hydrogen) atoms. The highest BCUT2D eigenvalue weighted by Crippen LogP contribution is 2.37. The first-order valence-corrected chi connectivity index (χ1v) is 7.86. The zero-order valence-electron chi connectivity index (χ0n) is 11.3. The molecule has 1 amide bonds. The van der Waals surface area contributed by atoms with Gasteiger partial charge in [0.25, 0.3) is 0 Å². The fourth-order valence-electron chi connectivity index (χ4n) is 2.62. The third-order valence-electron chi connectivity index (χ3n) is 3.66. The molecule has 2 aromatic rings. The first-order valence-electron chi connectivity index (χ1n) is 7.04. The molecule has 2 aliphatic heterocycles. The second kappa shape index (κ2) is 5.16. The summed E-state index contributed by atoms with van der Waals surface area (Å²) in [7, 11) is 0. The lowest BCUT2D eigenvalue weighted by atomic mass is 10.2. The molecular weight excluding hydrogens is 290 g/mol. The van der Waals surface area contributed by atoms with Gasteiger partial charge >= 0.3 is 0 Å². The molecule has 0 aliphatic carbocycles. The molecular formula is C14H15N3O3S. The Labute approximate surface area is 125 Å². The quantitative estimate of drug-likeness (QED) is 0.884. The van der Waals surface area contributed by atoms with Crippen LogP contribution in [-0.2, 0) is 4.79 Å². The minimum Gasteiger partial charge on any atom is -0.486 e. The van der Waals surface area contributed by atoms with E-state index < -0.39 is 0 Å². The Hall–Kier alpha value is -1.86. The number of hydrogen-bond acceptors (Lipinski definition) is 6. The number of fused-ring (bicyclic) bond motifs is 2. The molecule has 0 bridgehead atoms. The summed E-state index contributed by atoms with van der Waals surface area (Å²) >= 11 is 1.45. The lowest BCUT2D eigenvalue weighted by Crippen LogP contribution is -2.35. The van der Waals surface area contributed by atoms with Crippen LogP contribution >= 0.6 is 11.3 Å². The summed E-state index contributed by atoms with van der Waals surface area (Å²) in [5, 5.41) is 6.68. The van der Waals surface area contributed by atoms with E-state index in [-0.39, 0.29) is 11.9 Å². The predicted octanol–water partition coefficient (Wildman–Crippen LogP) is 1.76. The Morgan fingerprint density at radius 2 is 2.14 bits per heavy atom. The van der Waals surface area contributed by atoms with E-state index in [1.54, 1.807) is 0 Å².